The summed E-state index contributed by atoms with van der Waals surface area (Å²) in [4.78, 5) is 18.3. The van der Waals surface area contributed by atoms with Crippen LogP contribution < -0.4 is 4.90 Å². The number of carbonyl (C=O) groups excluding carboxylic acids is 1. The predicted molar refractivity (Wildman–Crippen MR) is 73.1 cm³/mol. The number of anilines is 1. The van der Waals surface area contributed by atoms with Crippen molar-refractivity contribution >= 4 is 11.9 Å². The van der Waals surface area contributed by atoms with Crippen LogP contribution in [0.5, 0.6) is 0 Å². The molecule has 2 heterocycles. The van der Waals surface area contributed by atoms with E-state index in [1.54, 1.807) is 11.1 Å². The number of ether oxygens (including phenoxy) is 1. The van der Waals surface area contributed by atoms with Crippen LogP contribution >= 0.6 is 0 Å². The Balaban J connectivity index is 1.95. The second kappa shape index (κ2) is 4.83. The third-order valence-corrected chi connectivity index (χ3v) is 4.39. The van der Waals surface area contributed by atoms with E-state index in [1.165, 1.54) is 6.42 Å². The van der Waals surface area contributed by atoms with Gasteiger partial charge in [-0.3, -0.25) is 4.90 Å². The minimum Gasteiger partial charge on any atom is -0.440 e. The van der Waals surface area contributed by atoms with Crippen molar-refractivity contribution < 1.29 is 9.53 Å². The van der Waals surface area contributed by atoms with E-state index < -0.39 is 0 Å². The third kappa shape index (κ3) is 1.99. The maximum atomic E-state index is 12.3. The average Bonchev–Trinajstić information content (AvgIpc) is 2.72. The molecule has 2 aliphatic rings. The van der Waals surface area contributed by atoms with Gasteiger partial charge in [-0.2, -0.15) is 0 Å². The lowest BCUT2D eigenvalue weighted by Crippen LogP contribution is -2.46. The lowest BCUT2D eigenvalue weighted by Gasteiger charge is -2.37. The summed E-state index contributed by atoms with van der Waals surface area (Å²) in [5.74, 6) is 0.710. The van der Waals surface area contributed by atoms with E-state index in [4.69, 9.17) is 4.74 Å². The van der Waals surface area contributed by atoms with E-state index in [0.29, 0.717) is 5.82 Å². The summed E-state index contributed by atoms with van der Waals surface area (Å²) in [6, 6.07) is 5.78. The first kappa shape index (κ1) is 12.5. The van der Waals surface area contributed by atoms with E-state index in [-0.39, 0.29) is 17.7 Å². The zero-order valence-corrected chi connectivity index (χ0v) is 11.3. The Labute approximate surface area is 113 Å². The summed E-state index contributed by atoms with van der Waals surface area (Å²) in [6.45, 7) is 2.12. The minimum atomic E-state index is -0.276. The van der Waals surface area contributed by atoms with Crippen LogP contribution in [0.2, 0.25) is 0 Å². The highest BCUT2D eigenvalue weighted by atomic mass is 16.6. The highest BCUT2D eigenvalue weighted by Crippen LogP contribution is 2.44. The van der Waals surface area contributed by atoms with Crippen LogP contribution in [-0.2, 0) is 4.74 Å². The molecule has 2 fully saturated rings. The summed E-state index contributed by atoms with van der Waals surface area (Å²) in [7, 11) is 0. The van der Waals surface area contributed by atoms with Crippen LogP contribution in [0.15, 0.2) is 24.4 Å². The summed E-state index contributed by atoms with van der Waals surface area (Å²) in [5, 5.41) is 0. The molecule has 1 aromatic rings. The fraction of sp³-hybridized carbons (Fsp3) is 0.600. The number of hydrogen-bond donors (Lipinski definition) is 0. The molecule has 0 unspecified atom stereocenters. The number of amides is 1. The molecule has 0 N–H and O–H groups in total. The molecule has 1 saturated heterocycles. The fourth-order valence-corrected chi connectivity index (χ4v) is 3.54. The van der Waals surface area contributed by atoms with Gasteiger partial charge >= 0.3 is 6.09 Å². The lowest BCUT2D eigenvalue weighted by atomic mass is 9.78. The Hall–Kier alpha value is -1.58. The first-order valence-electron chi connectivity index (χ1n) is 7.20. The van der Waals surface area contributed by atoms with E-state index in [2.05, 4.69) is 11.9 Å². The summed E-state index contributed by atoms with van der Waals surface area (Å²) in [5.41, 5.74) is -0.276. The van der Waals surface area contributed by atoms with Gasteiger partial charge in [0.2, 0.25) is 0 Å². The van der Waals surface area contributed by atoms with Crippen molar-refractivity contribution in [1.29, 1.82) is 0 Å². The van der Waals surface area contributed by atoms with Crippen molar-refractivity contribution in [1.82, 2.24) is 4.98 Å². The molecule has 1 aliphatic carbocycles. The van der Waals surface area contributed by atoms with Crippen molar-refractivity contribution in [2.45, 2.75) is 57.1 Å². The van der Waals surface area contributed by atoms with Gasteiger partial charge in [-0.25, -0.2) is 9.78 Å². The molecule has 0 bridgehead atoms. The van der Waals surface area contributed by atoms with Crippen molar-refractivity contribution in [2.75, 3.05) is 4.90 Å². The molecule has 102 valence electrons. The molecular formula is C15H20N2O2. The first-order chi connectivity index (χ1) is 9.27. The Kier molecular flexibility index (Phi) is 3.17. The summed E-state index contributed by atoms with van der Waals surface area (Å²) in [6.07, 6.45) is 7.93. The topological polar surface area (TPSA) is 42.4 Å². The Bertz CT molecular complexity index is 454. The van der Waals surface area contributed by atoms with Crippen molar-refractivity contribution in [3.8, 4) is 0 Å². The Morgan fingerprint density at radius 1 is 1.37 bits per heavy atom. The molecule has 1 atom stereocenters. The third-order valence-electron chi connectivity index (χ3n) is 4.39. The van der Waals surface area contributed by atoms with E-state index >= 15 is 0 Å². The van der Waals surface area contributed by atoms with Gasteiger partial charge in [-0.15, -0.1) is 0 Å². The molecule has 4 heteroatoms. The monoisotopic (exact) mass is 260 g/mol. The van der Waals surface area contributed by atoms with Gasteiger partial charge in [0.05, 0.1) is 6.04 Å². The van der Waals surface area contributed by atoms with Crippen molar-refractivity contribution in [3.63, 3.8) is 0 Å². The SMILES string of the molecule is CC[C@H]1N(c2ccccn2)C(=O)OC12CCCCC2. The predicted octanol–water partition coefficient (Wildman–Crippen LogP) is 3.52. The zero-order valence-electron chi connectivity index (χ0n) is 11.3. The minimum absolute atomic E-state index is 0.121. The van der Waals surface area contributed by atoms with Crippen LogP contribution in [0.3, 0.4) is 0 Å². The number of hydrogen-bond acceptors (Lipinski definition) is 3. The standard InChI is InChI=1S/C15H20N2O2/c1-2-12-15(9-5-3-6-10-15)19-14(18)17(12)13-8-4-7-11-16-13/h4,7-8,11-12H,2-3,5-6,9-10H2,1H3/t12-/m1/s1. The van der Waals surface area contributed by atoms with E-state index in [0.717, 1.165) is 32.1 Å². The first-order valence-corrected chi connectivity index (χ1v) is 7.20. The van der Waals surface area contributed by atoms with Crippen LogP contribution in [0, 0.1) is 0 Å². The van der Waals surface area contributed by atoms with Gasteiger partial charge in [-0.05, 0) is 44.2 Å². The molecule has 1 aliphatic heterocycles. The number of nitrogens with zero attached hydrogens (tertiary/aromatic N) is 2. The molecule has 1 saturated carbocycles. The molecular weight excluding hydrogens is 240 g/mol. The summed E-state index contributed by atoms with van der Waals surface area (Å²) >= 11 is 0. The normalized spacial score (nSPS) is 25.6. The molecule has 1 spiro atoms. The number of rotatable bonds is 2. The van der Waals surface area contributed by atoms with E-state index in [9.17, 15) is 4.79 Å². The molecule has 4 nitrogen and oxygen atoms in total. The molecule has 0 radical (unpaired) electrons. The van der Waals surface area contributed by atoms with Crippen molar-refractivity contribution in [3.05, 3.63) is 24.4 Å². The van der Waals surface area contributed by atoms with Crippen LogP contribution in [0.25, 0.3) is 0 Å². The zero-order chi connectivity index (χ0) is 13.3. The maximum Gasteiger partial charge on any atom is 0.416 e. The fourth-order valence-electron chi connectivity index (χ4n) is 3.54. The molecule has 0 aromatic carbocycles. The van der Waals surface area contributed by atoms with Gasteiger partial charge in [0.25, 0.3) is 0 Å². The molecule has 1 amide bonds. The molecule has 19 heavy (non-hydrogen) atoms. The number of carbonyl (C=O) groups is 1. The Morgan fingerprint density at radius 2 is 2.16 bits per heavy atom. The van der Waals surface area contributed by atoms with Gasteiger partial charge < -0.3 is 4.74 Å². The van der Waals surface area contributed by atoms with Crippen LogP contribution in [0.4, 0.5) is 10.6 Å². The largest absolute Gasteiger partial charge is 0.440 e. The highest BCUT2D eigenvalue weighted by Gasteiger charge is 2.53. The highest BCUT2D eigenvalue weighted by molar-refractivity contribution is 5.90. The second-order valence-electron chi connectivity index (χ2n) is 5.48. The average molecular weight is 260 g/mol. The van der Waals surface area contributed by atoms with Gasteiger partial charge in [0.15, 0.2) is 0 Å². The van der Waals surface area contributed by atoms with Gasteiger partial charge in [0, 0.05) is 6.20 Å². The molecule has 1 aromatic heterocycles. The Morgan fingerprint density at radius 3 is 2.79 bits per heavy atom. The van der Waals surface area contributed by atoms with Crippen LogP contribution in [0.1, 0.15) is 45.4 Å². The van der Waals surface area contributed by atoms with Crippen LogP contribution in [-0.4, -0.2) is 22.7 Å². The van der Waals surface area contributed by atoms with Gasteiger partial charge in [0.1, 0.15) is 11.4 Å². The van der Waals surface area contributed by atoms with Gasteiger partial charge in [-0.1, -0.05) is 19.4 Å². The number of aromatic nitrogens is 1. The maximum absolute atomic E-state index is 12.3. The lowest BCUT2D eigenvalue weighted by molar-refractivity contribution is 0.00435. The smallest absolute Gasteiger partial charge is 0.416 e. The van der Waals surface area contributed by atoms with Crippen molar-refractivity contribution in [2.24, 2.45) is 0 Å². The summed E-state index contributed by atoms with van der Waals surface area (Å²) < 4.78 is 5.81. The van der Waals surface area contributed by atoms with E-state index in [1.807, 2.05) is 18.2 Å². The quantitative estimate of drug-likeness (QED) is 0.817. The molecule has 3 rings (SSSR count). The number of pyridine rings is 1. The second-order valence-corrected chi connectivity index (χ2v) is 5.48.